The van der Waals surface area contributed by atoms with Gasteiger partial charge in [0.05, 0.1) is 0 Å². The zero-order chi connectivity index (χ0) is 12.7. The Morgan fingerprint density at radius 1 is 1.35 bits per heavy atom. The molecule has 0 saturated heterocycles. The van der Waals surface area contributed by atoms with Crippen LogP contribution in [-0.4, -0.2) is 31.1 Å². The minimum Gasteiger partial charge on any atom is -0.311 e. The quantitative estimate of drug-likeness (QED) is 0.736. The zero-order valence-corrected chi connectivity index (χ0v) is 13.5. The molecule has 1 aromatic rings. The highest BCUT2D eigenvalue weighted by molar-refractivity contribution is 9.10. The van der Waals surface area contributed by atoms with Crippen LogP contribution in [0.15, 0.2) is 10.5 Å². The van der Waals surface area contributed by atoms with Crippen molar-refractivity contribution in [2.75, 3.05) is 26.2 Å². The fraction of sp³-hybridized carbons (Fsp3) is 0.692. The summed E-state index contributed by atoms with van der Waals surface area (Å²) in [6, 6.07) is 2.22. The number of rotatable bonds is 8. The van der Waals surface area contributed by atoms with E-state index in [9.17, 15) is 0 Å². The van der Waals surface area contributed by atoms with Crippen LogP contribution in [-0.2, 0) is 6.54 Å². The van der Waals surface area contributed by atoms with E-state index < -0.39 is 0 Å². The maximum Gasteiger partial charge on any atom is 0.0314 e. The van der Waals surface area contributed by atoms with Crippen molar-refractivity contribution >= 4 is 27.3 Å². The monoisotopic (exact) mass is 318 g/mol. The van der Waals surface area contributed by atoms with Crippen LogP contribution in [0.25, 0.3) is 0 Å². The number of hydrogen-bond acceptors (Lipinski definition) is 3. The van der Waals surface area contributed by atoms with E-state index in [0.29, 0.717) is 0 Å². The van der Waals surface area contributed by atoms with Gasteiger partial charge in [0.25, 0.3) is 0 Å². The first-order valence-electron chi connectivity index (χ1n) is 6.35. The molecular weight excluding hydrogens is 296 g/mol. The first-order chi connectivity index (χ1) is 8.17. The average Bonchev–Trinajstić information content (AvgIpc) is 2.63. The first kappa shape index (κ1) is 15.2. The van der Waals surface area contributed by atoms with Gasteiger partial charge in [-0.05, 0) is 48.4 Å². The summed E-state index contributed by atoms with van der Waals surface area (Å²) in [5.74, 6) is 0. The SMILES string of the molecule is CCCN(CC)CCNCc1cc(Br)c(C)s1. The van der Waals surface area contributed by atoms with Crippen molar-refractivity contribution < 1.29 is 0 Å². The molecule has 0 radical (unpaired) electrons. The van der Waals surface area contributed by atoms with Crippen molar-refractivity contribution in [3.05, 3.63) is 20.3 Å². The molecule has 0 aliphatic heterocycles. The van der Waals surface area contributed by atoms with E-state index in [-0.39, 0.29) is 0 Å². The summed E-state index contributed by atoms with van der Waals surface area (Å²) in [7, 11) is 0. The second kappa shape index (κ2) is 8.25. The van der Waals surface area contributed by atoms with Crippen LogP contribution >= 0.6 is 27.3 Å². The molecule has 0 aliphatic rings. The van der Waals surface area contributed by atoms with Gasteiger partial charge >= 0.3 is 0 Å². The minimum atomic E-state index is 0.987. The molecule has 98 valence electrons. The highest BCUT2D eigenvalue weighted by Crippen LogP contribution is 2.25. The maximum atomic E-state index is 3.55. The summed E-state index contributed by atoms with van der Waals surface area (Å²) in [6.45, 7) is 12.2. The minimum absolute atomic E-state index is 0.987. The van der Waals surface area contributed by atoms with Crippen molar-refractivity contribution in [1.29, 1.82) is 0 Å². The van der Waals surface area contributed by atoms with E-state index in [1.807, 2.05) is 11.3 Å². The van der Waals surface area contributed by atoms with Gasteiger partial charge < -0.3 is 10.2 Å². The Bertz CT molecular complexity index is 306. The molecule has 1 N–H and O–H groups in total. The Kier molecular flexibility index (Phi) is 7.35. The summed E-state index contributed by atoms with van der Waals surface area (Å²) >= 11 is 5.42. The van der Waals surface area contributed by atoms with Crippen LogP contribution in [0.1, 0.15) is 30.0 Å². The molecule has 0 aliphatic carbocycles. The standard InChI is InChI=1S/C13H23BrN2S/c1-4-7-16(5-2)8-6-15-10-12-9-13(14)11(3)17-12/h9,15H,4-8,10H2,1-3H3. The molecular formula is C13H23BrN2S. The van der Waals surface area contributed by atoms with Crippen molar-refractivity contribution in [2.45, 2.75) is 33.7 Å². The van der Waals surface area contributed by atoms with Crippen molar-refractivity contribution in [1.82, 2.24) is 10.2 Å². The molecule has 1 heterocycles. The number of hydrogen-bond donors (Lipinski definition) is 1. The highest BCUT2D eigenvalue weighted by Gasteiger charge is 2.03. The maximum absolute atomic E-state index is 3.55. The van der Waals surface area contributed by atoms with E-state index in [2.05, 4.69) is 53.0 Å². The van der Waals surface area contributed by atoms with Gasteiger partial charge in [0, 0.05) is 33.9 Å². The zero-order valence-electron chi connectivity index (χ0n) is 11.1. The van der Waals surface area contributed by atoms with E-state index in [1.54, 1.807) is 0 Å². The van der Waals surface area contributed by atoms with Crippen LogP contribution in [0.4, 0.5) is 0 Å². The second-order valence-corrected chi connectivity index (χ2v) is 6.42. The lowest BCUT2D eigenvalue weighted by molar-refractivity contribution is 0.287. The topological polar surface area (TPSA) is 15.3 Å². The molecule has 0 bridgehead atoms. The van der Waals surface area contributed by atoms with Crippen LogP contribution in [0, 0.1) is 6.92 Å². The smallest absolute Gasteiger partial charge is 0.0314 e. The van der Waals surface area contributed by atoms with Gasteiger partial charge in [-0.1, -0.05) is 13.8 Å². The number of halogens is 1. The predicted octanol–water partition coefficient (Wildman–Crippen LogP) is 3.64. The average molecular weight is 319 g/mol. The third-order valence-corrected chi connectivity index (χ3v) is 4.94. The van der Waals surface area contributed by atoms with Gasteiger partial charge in [0.2, 0.25) is 0 Å². The summed E-state index contributed by atoms with van der Waals surface area (Å²) < 4.78 is 1.24. The van der Waals surface area contributed by atoms with Gasteiger partial charge in [-0.15, -0.1) is 11.3 Å². The molecule has 2 nitrogen and oxygen atoms in total. The molecule has 0 amide bonds. The van der Waals surface area contributed by atoms with Gasteiger partial charge in [-0.2, -0.15) is 0 Å². The van der Waals surface area contributed by atoms with Crippen molar-refractivity contribution in [3.63, 3.8) is 0 Å². The largest absolute Gasteiger partial charge is 0.311 e. The van der Waals surface area contributed by atoms with Crippen LogP contribution < -0.4 is 5.32 Å². The number of nitrogens with zero attached hydrogens (tertiary/aromatic N) is 1. The van der Waals surface area contributed by atoms with Gasteiger partial charge in [-0.25, -0.2) is 0 Å². The van der Waals surface area contributed by atoms with E-state index >= 15 is 0 Å². The number of thiophene rings is 1. The molecule has 0 saturated carbocycles. The van der Waals surface area contributed by atoms with Crippen molar-refractivity contribution in [3.8, 4) is 0 Å². The summed E-state index contributed by atoms with van der Waals surface area (Å²) in [4.78, 5) is 5.26. The molecule has 0 atom stereocenters. The normalized spacial score (nSPS) is 11.4. The Morgan fingerprint density at radius 2 is 2.12 bits per heavy atom. The van der Waals surface area contributed by atoms with Crippen LogP contribution in [0.2, 0.25) is 0 Å². The third-order valence-electron chi connectivity index (χ3n) is 2.80. The molecule has 1 rings (SSSR count). The molecule has 4 heteroatoms. The molecule has 0 spiro atoms. The first-order valence-corrected chi connectivity index (χ1v) is 7.96. The van der Waals surface area contributed by atoms with Crippen molar-refractivity contribution in [2.24, 2.45) is 0 Å². The van der Waals surface area contributed by atoms with E-state index in [1.165, 1.54) is 27.2 Å². The van der Waals surface area contributed by atoms with Crippen LogP contribution in [0.5, 0.6) is 0 Å². The summed E-state index contributed by atoms with van der Waals surface area (Å²) in [5, 5.41) is 3.51. The molecule has 0 fully saturated rings. The third kappa shape index (κ3) is 5.51. The lowest BCUT2D eigenvalue weighted by Crippen LogP contribution is -2.32. The van der Waals surface area contributed by atoms with E-state index in [4.69, 9.17) is 0 Å². The molecule has 17 heavy (non-hydrogen) atoms. The van der Waals surface area contributed by atoms with Crippen LogP contribution in [0.3, 0.4) is 0 Å². The number of aryl methyl sites for hydroxylation is 1. The van der Waals surface area contributed by atoms with Gasteiger partial charge in [-0.3, -0.25) is 0 Å². The second-order valence-electron chi connectivity index (χ2n) is 4.23. The molecule has 0 aromatic carbocycles. The Hall–Kier alpha value is 0.1000. The predicted molar refractivity (Wildman–Crippen MR) is 80.9 cm³/mol. The number of likely N-dealkylation sites (N-methyl/N-ethyl adjacent to an activating group) is 1. The lowest BCUT2D eigenvalue weighted by Gasteiger charge is -2.19. The fourth-order valence-electron chi connectivity index (χ4n) is 1.80. The summed E-state index contributed by atoms with van der Waals surface area (Å²) in [5.41, 5.74) is 0. The Balaban J connectivity index is 2.19. The Labute approximate surface area is 118 Å². The van der Waals surface area contributed by atoms with Gasteiger partial charge in [0.1, 0.15) is 0 Å². The summed E-state index contributed by atoms with van der Waals surface area (Å²) in [6.07, 6.45) is 1.24. The number of nitrogens with one attached hydrogen (secondary N) is 1. The molecule has 0 unspecified atom stereocenters. The molecule has 1 aromatic heterocycles. The Morgan fingerprint density at radius 3 is 2.65 bits per heavy atom. The lowest BCUT2D eigenvalue weighted by atomic mass is 10.4. The highest BCUT2D eigenvalue weighted by atomic mass is 79.9. The van der Waals surface area contributed by atoms with Gasteiger partial charge in [0.15, 0.2) is 0 Å². The van der Waals surface area contributed by atoms with E-state index in [0.717, 1.165) is 26.2 Å². The fourth-order valence-corrected chi connectivity index (χ4v) is 3.37.